The molecule has 0 bridgehead atoms. The fraction of sp³-hybridized carbons (Fsp3) is 1.00. The molecular weight excluding hydrogens is 148 g/mol. The highest BCUT2D eigenvalue weighted by Gasteiger charge is 2.37. The van der Waals surface area contributed by atoms with Gasteiger partial charge in [0.1, 0.15) is 0 Å². The average molecular weight is 163 g/mol. The number of hydrogen-bond donors (Lipinski definition) is 1. The van der Waals surface area contributed by atoms with E-state index in [0.717, 1.165) is 0 Å². The lowest BCUT2D eigenvalue weighted by molar-refractivity contribution is -0.0276. The fourth-order valence-electron chi connectivity index (χ4n) is 1.57. The topological polar surface area (TPSA) is 12.0 Å². The van der Waals surface area contributed by atoms with Crippen molar-refractivity contribution in [1.29, 1.82) is 0 Å². The molecule has 1 rings (SSSR count). The SMILES string of the molecule is CC1(C)CC(F)(F)CCCN1. The maximum Gasteiger partial charge on any atom is 0.249 e. The molecule has 0 amide bonds. The molecule has 1 aliphatic rings. The lowest BCUT2D eigenvalue weighted by Gasteiger charge is -2.26. The highest BCUT2D eigenvalue weighted by atomic mass is 19.3. The van der Waals surface area contributed by atoms with Crippen LogP contribution < -0.4 is 5.32 Å². The van der Waals surface area contributed by atoms with Gasteiger partial charge in [0.25, 0.3) is 0 Å². The summed E-state index contributed by atoms with van der Waals surface area (Å²) in [5, 5.41) is 3.10. The average Bonchev–Trinajstić information content (AvgIpc) is 1.86. The van der Waals surface area contributed by atoms with Crippen molar-refractivity contribution in [3.8, 4) is 0 Å². The van der Waals surface area contributed by atoms with E-state index in [9.17, 15) is 8.78 Å². The van der Waals surface area contributed by atoms with E-state index < -0.39 is 11.5 Å². The van der Waals surface area contributed by atoms with Gasteiger partial charge in [-0.1, -0.05) is 0 Å². The smallest absolute Gasteiger partial charge is 0.249 e. The Hall–Kier alpha value is -0.180. The molecule has 1 fully saturated rings. The van der Waals surface area contributed by atoms with E-state index in [2.05, 4.69) is 5.32 Å². The Morgan fingerprint density at radius 1 is 1.27 bits per heavy atom. The highest BCUT2D eigenvalue weighted by Crippen LogP contribution is 2.32. The van der Waals surface area contributed by atoms with E-state index in [4.69, 9.17) is 0 Å². The van der Waals surface area contributed by atoms with Crippen LogP contribution in [0, 0.1) is 0 Å². The standard InChI is InChI=1S/C8H15F2N/c1-7(2)6-8(9,10)4-3-5-11-7/h11H,3-6H2,1-2H3. The predicted molar refractivity (Wildman–Crippen MR) is 40.9 cm³/mol. The first-order valence-electron chi connectivity index (χ1n) is 4.04. The van der Waals surface area contributed by atoms with Gasteiger partial charge in [0.05, 0.1) is 0 Å². The highest BCUT2D eigenvalue weighted by molar-refractivity contribution is 4.87. The minimum Gasteiger partial charge on any atom is -0.312 e. The van der Waals surface area contributed by atoms with Crippen molar-refractivity contribution in [2.45, 2.75) is 44.6 Å². The zero-order valence-electron chi connectivity index (χ0n) is 7.08. The predicted octanol–water partition coefficient (Wildman–Crippen LogP) is 2.17. The van der Waals surface area contributed by atoms with Crippen molar-refractivity contribution in [3.05, 3.63) is 0 Å². The summed E-state index contributed by atoms with van der Waals surface area (Å²) in [6.07, 6.45) is 0.569. The molecule has 0 aromatic rings. The summed E-state index contributed by atoms with van der Waals surface area (Å²) in [5.74, 6) is -2.47. The Balaban J connectivity index is 2.62. The van der Waals surface area contributed by atoms with Gasteiger partial charge < -0.3 is 5.32 Å². The third kappa shape index (κ3) is 2.73. The Labute approximate surface area is 66.2 Å². The molecule has 0 saturated carbocycles. The van der Waals surface area contributed by atoms with Crippen molar-refractivity contribution in [2.24, 2.45) is 0 Å². The molecule has 1 nitrogen and oxygen atoms in total. The lowest BCUT2D eigenvalue weighted by atomic mass is 9.96. The minimum atomic E-state index is -2.47. The first kappa shape index (κ1) is 8.91. The largest absolute Gasteiger partial charge is 0.312 e. The van der Waals surface area contributed by atoms with Crippen LogP contribution in [0.1, 0.15) is 33.1 Å². The van der Waals surface area contributed by atoms with E-state index in [1.54, 1.807) is 0 Å². The number of hydrogen-bond acceptors (Lipinski definition) is 1. The number of alkyl halides is 2. The maximum atomic E-state index is 12.9. The van der Waals surface area contributed by atoms with E-state index in [1.165, 1.54) is 0 Å². The van der Waals surface area contributed by atoms with Crippen LogP contribution in [0.5, 0.6) is 0 Å². The summed E-state index contributed by atoms with van der Waals surface area (Å²) < 4.78 is 25.8. The van der Waals surface area contributed by atoms with Crippen LogP contribution in [0.25, 0.3) is 0 Å². The van der Waals surface area contributed by atoms with Crippen LogP contribution in [0.15, 0.2) is 0 Å². The number of rotatable bonds is 0. The quantitative estimate of drug-likeness (QED) is 0.577. The first-order valence-corrected chi connectivity index (χ1v) is 4.04. The monoisotopic (exact) mass is 163 g/mol. The van der Waals surface area contributed by atoms with Crippen LogP contribution in [0.3, 0.4) is 0 Å². The molecule has 0 spiro atoms. The third-order valence-corrected chi connectivity index (χ3v) is 2.02. The molecule has 1 N–H and O–H groups in total. The number of halogens is 2. The maximum absolute atomic E-state index is 12.9. The van der Waals surface area contributed by atoms with Crippen LogP contribution in [0.4, 0.5) is 8.78 Å². The summed E-state index contributed by atoms with van der Waals surface area (Å²) in [4.78, 5) is 0. The summed E-state index contributed by atoms with van der Waals surface area (Å²) in [6.45, 7) is 4.36. The van der Waals surface area contributed by atoms with Crippen molar-refractivity contribution >= 4 is 0 Å². The van der Waals surface area contributed by atoms with Crippen molar-refractivity contribution < 1.29 is 8.78 Å². The fourth-order valence-corrected chi connectivity index (χ4v) is 1.57. The second kappa shape index (κ2) is 2.70. The van der Waals surface area contributed by atoms with Crippen molar-refractivity contribution in [2.75, 3.05) is 6.54 Å². The molecule has 0 aromatic carbocycles. The Morgan fingerprint density at radius 3 is 2.55 bits per heavy atom. The lowest BCUT2D eigenvalue weighted by Crippen LogP contribution is -2.41. The summed E-state index contributed by atoms with van der Waals surface area (Å²) in [6, 6.07) is 0. The van der Waals surface area contributed by atoms with Gasteiger partial charge in [-0.2, -0.15) is 0 Å². The van der Waals surface area contributed by atoms with Gasteiger partial charge >= 0.3 is 0 Å². The van der Waals surface area contributed by atoms with E-state index in [1.807, 2.05) is 13.8 Å². The molecule has 0 unspecified atom stereocenters. The van der Waals surface area contributed by atoms with Gasteiger partial charge in [0.2, 0.25) is 5.92 Å². The van der Waals surface area contributed by atoms with Gasteiger partial charge in [-0.05, 0) is 26.8 Å². The van der Waals surface area contributed by atoms with Crippen LogP contribution >= 0.6 is 0 Å². The molecule has 1 saturated heterocycles. The van der Waals surface area contributed by atoms with Gasteiger partial charge in [0, 0.05) is 18.4 Å². The molecule has 0 aromatic heterocycles. The molecule has 0 atom stereocenters. The Kier molecular flexibility index (Phi) is 2.19. The Bertz CT molecular complexity index is 127. The molecule has 11 heavy (non-hydrogen) atoms. The van der Waals surface area contributed by atoms with Crippen LogP contribution in [0.2, 0.25) is 0 Å². The van der Waals surface area contributed by atoms with E-state index in [0.29, 0.717) is 13.0 Å². The molecule has 3 heteroatoms. The summed E-state index contributed by atoms with van der Waals surface area (Å²) in [5.41, 5.74) is -0.403. The van der Waals surface area contributed by atoms with Gasteiger partial charge in [-0.3, -0.25) is 0 Å². The molecule has 1 heterocycles. The zero-order chi connectivity index (χ0) is 8.54. The van der Waals surface area contributed by atoms with Gasteiger partial charge in [-0.25, -0.2) is 8.78 Å². The van der Waals surface area contributed by atoms with Gasteiger partial charge in [-0.15, -0.1) is 0 Å². The van der Waals surface area contributed by atoms with E-state index >= 15 is 0 Å². The molecule has 1 aliphatic heterocycles. The molecule has 0 radical (unpaired) electrons. The molecule has 0 aliphatic carbocycles. The van der Waals surface area contributed by atoms with Gasteiger partial charge in [0.15, 0.2) is 0 Å². The van der Waals surface area contributed by atoms with Crippen molar-refractivity contribution in [3.63, 3.8) is 0 Å². The number of nitrogens with one attached hydrogen (secondary N) is 1. The summed E-state index contributed by atoms with van der Waals surface area (Å²) >= 11 is 0. The van der Waals surface area contributed by atoms with Crippen LogP contribution in [-0.4, -0.2) is 18.0 Å². The zero-order valence-corrected chi connectivity index (χ0v) is 7.08. The second-order valence-electron chi connectivity index (χ2n) is 3.95. The van der Waals surface area contributed by atoms with Crippen LogP contribution in [-0.2, 0) is 0 Å². The Morgan fingerprint density at radius 2 is 1.91 bits per heavy atom. The molecular formula is C8H15F2N. The minimum absolute atomic E-state index is 0.0312. The third-order valence-electron chi connectivity index (χ3n) is 2.02. The summed E-state index contributed by atoms with van der Waals surface area (Å²) in [7, 11) is 0. The van der Waals surface area contributed by atoms with Crippen molar-refractivity contribution in [1.82, 2.24) is 5.32 Å². The second-order valence-corrected chi connectivity index (χ2v) is 3.95. The normalized spacial score (nSPS) is 29.5. The van der Waals surface area contributed by atoms with E-state index in [-0.39, 0.29) is 12.8 Å². The first-order chi connectivity index (χ1) is 4.91. The molecule has 66 valence electrons.